The van der Waals surface area contributed by atoms with E-state index in [-0.39, 0.29) is 17.9 Å². The van der Waals surface area contributed by atoms with Crippen molar-refractivity contribution in [3.8, 4) is 21.9 Å². The quantitative estimate of drug-likeness (QED) is 0.532. The minimum Gasteiger partial charge on any atom is -0.497 e. The molecular formula is C27H29N3O4S. The fourth-order valence-electron chi connectivity index (χ4n) is 4.99. The monoisotopic (exact) mass is 491 g/mol. The van der Waals surface area contributed by atoms with Crippen molar-refractivity contribution < 1.29 is 19.1 Å². The highest BCUT2D eigenvalue weighted by Crippen LogP contribution is 2.50. The number of thiazole rings is 1. The van der Waals surface area contributed by atoms with Crippen LogP contribution in [0.3, 0.4) is 0 Å². The van der Waals surface area contributed by atoms with Gasteiger partial charge in [0.2, 0.25) is 0 Å². The second-order valence-corrected chi connectivity index (χ2v) is 10.5. The maximum absolute atomic E-state index is 13.7. The third-order valence-corrected chi connectivity index (χ3v) is 7.89. The summed E-state index contributed by atoms with van der Waals surface area (Å²) in [4.78, 5) is 34.1. The minimum atomic E-state index is -0.219. The Kier molecular flexibility index (Phi) is 6.23. The topological polar surface area (TPSA) is 80.8 Å². The van der Waals surface area contributed by atoms with Gasteiger partial charge in [-0.1, -0.05) is 29.8 Å². The number of aryl methyl sites for hydroxylation is 2. The van der Waals surface area contributed by atoms with Crippen molar-refractivity contribution in [1.29, 1.82) is 0 Å². The van der Waals surface area contributed by atoms with Crippen LogP contribution < -0.4 is 14.8 Å². The number of nitrogens with zero attached hydrogens (tertiary/aromatic N) is 2. The van der Waals surface area contributed by atoms with Crippen LogP contribution in [0.2, 0.25) is 0 Å². The summed E-state index contributed by atoms with van der Waals surface area (Å²) in [6.45, 7) is 5.08. The molecule has 0 spiro atoms. The summed E-state index contributed by atoms with van der Waals surface area (Å²) >= 11 is 1.55. The van der Waals surface area contributed by atoms with E-state index in [2.05, 4.69) is 16.4 Å². The van der Waals surface area contributed by atoms with Crippen molar-refractivity contribution in [3.05, 3.63) is 64.3 Å². The second kappa shape index (κ2) is 9.34. The molecule has 5 rings (SSSR count). The third-order valence-electron chi connectivity index (χ3n) is 6.87. The first-order valence-electron chi connectivity index (χ1n) is 11.7. The molecule has 1 saturated heterocycles. The van der Waals surface area contributed by atoms with E-state index in [0.29, 0.717) is 47.7 Å². The van der Waals surface area contributed by atoms with Gasteiger partial charge in [-0.05, 0) is 49.8 Å². The van der Waals surface area contributed by atoms with E-state index in [4.69, 9.17) is 9.47 Å². The molecule has 2 aromatic carbocycles. The van der Waals surface area contributed by atoms with Crippen molar-refractivity contribution in [2.75, 3.05) is 27.3 Å². The summed E-state index contributed by atoms with van der Waals surface area (Å²) < 4.78 is 10.6. The average molecular weight is 492 g/mol. The first kappa shape index (κ1) is 23.4. The van der Waals surface area contributed by atoms with E-state index >= 15 is 0 Å². The van der Waals surface area contributed by atoms with E-state index < -0.39 is 0 Å². The Morgan fingerprint density at radius 1 is 1.11 bits per heavy atom. The van der Waals surface area contributed by atoms with Gasteiger partial charge in [0, 0.05) is 24.7 Å². The van der Waals surface area contributed by atoms with Gasteiger partial charge in [0.15, 0.2) is 0 Å². The summed E-state index contributed by atoms with van der Waals surface area (Å²) in [5.74, 6) is 1.75. The van der Waals surface area contributed by atoms with E-state index in [1.54, 1.807) is 43.8 Å². The standard InChI is InChI=1S/C27H29N3O4S/c1-15-6-5-7-17(8-15)25-24(29-16(2)35-25)27(32)30-14-19-11-22(19)23(30)13-28-26(31)18-9-20(33-3)12-21(10-18)34-4/h5-10,12,19,22-23H,11,13-14H2,1-4H3,(H,28,31)/t19?,22-,23?/m0/s1. The number of methoxy groups -OCH3 is 2. The Morgan fingerprint density at radius 2 is 1.86 bits per heavy atom. The van der Waals surface area contributed by atoms with Crippen LogP contribution >= 0.6 is 11.3 Å². The summed E-state index contributed by atoms with van der Waals surface area (Å²) in [7, 11) is 3.10. The maximum Gasteiger partial charge on any atom is 0.274 e. The largest absolute Gasteiger partial charge is 0.497 e. The van der Waals surface area contributed by atoms with Crippen LogP contribution in [0, 0.1) is 25.7 Å². The molecule has 2 fully saturated rings. The van der Waals surface area contributed by atoms with Gasteiger partial charge in [-0.25, -0.2) is 4.98 Å². The van der Waals surface area contributed by atoms with Gasteiger partial charge in [-0.2, -0.15) is 0 Å². The molecule has 1 aliphatic heterocycles. The Hall–Kier alpha value is -3.39. The molecule has 1 saturated carbocycles. The zero-order valence-corrected chi connectivity index (χ0v) is 21.1. The van der Waals surface area contributed by atoms with Crippen LogP contribution in [0.5, 0.6) is 11.5 Å². The number of fused-ring (bicyclic) bond motifs is 1. The molecular weight excluding hydrogens is 462 g/mol. The normalized spacial score (nSPS) is 20.3. The van der Waals surface area contributed by atoms with Crippen molar-refractivity contribution in [3.63, 3.8) is 0 Å². The summed E-state index contributed by atoms with van der Waals surface area (Å²) in [6.07, 6.45) is 1.10. The number of nitrogens with one attached hydrogen (secondary N) is 1. The van der Waals surface area contributed by atoms with E-state index in [1.165, 1.54) is 0 Å². The number of hydrogen-bond donors (Lipinski definition) is 1. The molecule has 2 unspecified atom stereocenters. The molecule has 182 valence electrons. The molecule has 1 N–H and O–H groups in total. The Labute approximate surface area is 209 Å². The van der Waals surface area contributed by atoms with Gasteiger partial charge >= 0.3 is 0 Å². The predicted octanol–water partition coefficient (Wildman–Crippen LogP) is 4.33. The fraction of sp³-hybridized carbons (Fsp3) is 0.370. The highest BCUT2D eigenvalue weighted by molar-refractivity contribution is 7.15. The van der Waals surface area contributed by atoms with Crippen molar-refractivity contribution in [1.82, 2.24) is 15.2 Å². The number of benzene rings is 2. The molecule has 3 aromatic rings. The van der Waals surface area contributed by atoms with Crippen LogP contribution in [-0.4, -0.2) is 55.0 Å². The molecule has 0 radical (unpaired) electrons. The van der Waals surface area contributed by atoms with Gasteiger partial charge in [-0.15, -0.1) is 11.3 Å². The van der Waals surface area contributed by atoms with Gasteiger partial charge in [0.1, 0.15) is 17.2 Å². The summed E-state index contributed by atoms with van der Waals surface area (Å²) in [5, 5.41) is 3.90. The van der Waals surface area contributed by atoms with Crippen LogP contribution in [0.1, 0.15) is 37.8 Å². The molecule has 1 aromatic heterocycles. The number of likely N-dealkylation sites (tertiary alicyclic amines) is 1. The Bertz CT molecular complexity index is 1260. The lowest BCUT2D eigenvalue weighted by Crippen LogP contribution is -2.45. The van der Waals surface area contributed by atoms with E-state index in [0.717, 1.165) is 27.4 Å². The molecule has 2 amide bonds. The first-order chi connectivity index (χ1) is 16.9. The van der Waals surface area contributed by atoms with Crippen LogP contribution in [0.15, 0.2) is 42.5 Å². The minimum absolute atomic E-state index is 0.0451. The lowest BCUT2D eigenvalue weighted by Gasteiger charge is -2.27. The number of aromatic nitrogens is 1. The maximum atomic E-state index is 13.7. The molecule has 3 atom stereocenters. The smallest absolute Gasteiger partial charge is 0.274 e. The molecule has 1 aliphatic carbocycles. The molecule has 8 heteroatoms. The fourth-order valence-corrected chi connectivity index (χ4v) is 5.90. The SMILES string of the molecule is COc1cc(OC)cc(C(=O)NCC2[C@H]3CC3CN2C(=O)c2nc(C)sc2-c2cccc(C)c2)c1. The number of carbonyl (C=O) groups is 2. The summed E-state index contributed by atoms with van der Waals surface area (Å²) in [6, 6.07) is 13.2. The number of ether oxygens (including phenoxy) is 2. The Balaban J connectivity index is 1.34. The highest BCUT2D eigenvalue weighted by atomic mass is 32.1. The molecule has 7 nitrogen and oxygen atoms in total. The van der Waals surface area contributed by atoms with Crippen LogP contribution in [0.4, 0.5) is 0 Å². The molecule has 0 bridgehead atoms. The predicted molar refractivity (Wildman–Crippen MR) is 135 cm³/mol. The molecule has 2 heterocycles. The lowest BCUT2D eigenvalue weighted by molar-refractivity contribution is 0.0690. The molecule has 35 heavy (non-hydrogen) atoms. The second-order valence-electron chi connectivity index (χ2n) is 9.28. The van der Waals surface area contributed by atoms with Crippen LogP contribution in [0.25, 0.3) is 10.4 Å². The zero-order chi connectivity index (χ0) is 24.7. The Morgan fingerprint density at radius 3 is 2.54 bits per heavy atom. The van der Waals surface area contributed by atoms with Crippen molar-refractivity contribution in [2.45, 2.75) is 26.3 Å². The third kappa shape index (κ3) is 4.62. The van der Waals surface area contributed by atoms with Gasteiger partial charge < -0.3 is 19.7 Å². The lowest BCUT2D eigenvalue weighted by atomic mass is 10.1. The average Bonchev–Trinajstić information content (AvgIpc) is 3.38. The number of hydrogen-bond acceptors (Lipinski definition) is 6. The molecule has 2 aliphatic rings. The number of amides is 2. The number of carbonyl (C=O) groups excluding carboxylic acids is 2. The number of piperidine rings is 1. The number of rotatable bonds is 7. The van der Waals surface area contributed by atoms with Crippen molar-refractivity contribution >= 4 is 23.2 Å². The van der Waals surface area contributed by atoms with Gasteiger partial charge in [0.25, 0.3) is 11.8 Å². The summed E-state index contributed by atoms with van der Waals surface area (Å²) in [5.41, 5.74) is 3.12. The van der Waals surface area contributed by atoms with Gasteiger partial charge in [0.05, 0.1) is 30.1 Å². The van der Waals surface area contributed by atoms with Gasteiger partial charge in [-0.3, -0.25) is 9.59 Å². The van der Waals surface area contributed by atoms with Crippen LogP contribution in [-0.2, 0) is 0 Å². The highest BCUT2D eigenvalue weighted by Gasteiger charge is 2.54. The van der Waals surface area contributed by atoms with Crippen molar-refractivity contribution in [2.24, 2.45) is 11.8 Å². The van der Waals surface area contributed by atoms with E-state index in [9.17, 15) is 9.59 Å². The van der Waals surface area contributed by atoms with E-state index in [1.807, 2.05) is 36.9 Å². The zero-order valence-electron chi connectivity index (χ0n) is 20.3. The first-order valence-corrected chi connectivity index (χ1v) is 12.6.